The molecule has 0 unspecified atom stereocenters. The highest BCUT2D eigenvalue weighted by Crippen LogP contribution is 2.18. The molecule has 0 aliphatic carbocycles. The van der Waals surface area contributed by atoms with Crippen molar-refractivity contribution in [2.45, 2.75) is 46.6 Å². The molecule has 0 saturated carbocycles. The smallest absolute Gasteiger partial charge is 0.191 e. The highest BCUT2D eigenvalue weighted by Gasteiger charge is 2.12. The van der Waals surface area contributed by atoms with E-state index in [4.69, 9.17) is 0 Å². The lowest BCUT2D eigenvalue weighted by molar-refractivity contribution is 0.795. The molecule has 0 radical (unpaired) electrons. The molecular formula is C20H31IN6S. The number of thiazole rings is 1. The third kappa shape index (κ3) is 6.58. The van der Waals surface area contributed by atoms with Gasteiger partial charge in [-0.1, -0.05) is 6.07 Å². The number of nitrogens with zero attached hydrogens (tertiary/aromatic N) is 4. The molecule has 0 bridgehead atoms. The number of hydrogen-bond acceptors (Lipinski definition) is 5. The van der Waals surface area contributed by atoms with Gasteiger partial charge in [0.2, 0.25) is 0 Å². The fourth-order valence-corrected chi connectivity index (χ4v) is 4.02. The van der Waals surface area contributed by atoms with Crippen LogP contribution in [0.3, 0.4) is 0 Å². The topological polar surface area (TPSA) is 65.4 Å². The van der Waals surface area contributed by atoms with Gasteiger partial charge in [0.1, 0.15) is 5.82 Å². The van der Waals surface area contributed by atoms with Gasteiger partial charge in [0, 0.05) is 43.7 Å². The minimum Gasteiger partial charge on any atom is -0.357 e. The Hall–Kier alpha value is -1.42. The van der Waals surface area contributed by atoms with E-state index in [0.29, 0.717) is 6.54 Å². The van der Waals surface area contributed by atoms with Crippen LogP contribution in [-0.2, 0) is 13.0 Å². The van der Waals surface area contributed by atoms with E-state index in [1.807, 2.05) is 6.20 Å². The SMILES string of the molecule is CCNC(=NCc1ccc(N2CCCC2)nc1)NCCc1nc(C)c(C)s1.I. The van der Waals surface area contributed by atoms with Crippen molar-refractivity contribution in [3.63, 3.8) is 0 Å². The Kier molecular flexibility index (Phi) is 9.43. The van der Waals surface area contributed by atoms with Gasteiger partial charge in [-0.3, -0.25) is 0 Å². The highest BCUT2D eigenvalue weighted by atomic mass is 127. The molecule has 1 fully saturated rings. The maximum atomic E-state index is 4.69. The molecule has 6 nitrogen and oxygen atoms in total. The van der Waals surface area contributed by atoms with E-state index in [1.54, 1.807) is 11.3 Å². The predicted molar refractivity (Wildman–Crippen MR) is 129 cm³/mol. The first-order valence-electron chi connectivity index (χ1n) is 9.80. The summed E-state index contributed by atoms with van der Waals surface area (Å²) >= 11 is 1.78. The number of aromatic nitrogens is 2. The van der Waals surface area contributed by atoms with Crippen LogP contribution in [0.2, 0.25) is 0 Å². The molecule has 8 heteroatoms. The fourth-order valence-electron chi connectivity index (χ4n) is 3.09. The largest absolute Gasteiger partial charge is 0.357 e. The Morgan fingerprint density at radius 1 is 1.21 bits per heavy atom. The van der Waals surface area contributed by atoms with Gasteiger partial charge in [0.05, 0.1) is 17.2 Å². The second-order valence-electron chi connectivity index (χ2n) is 6.84. The predicted octanol–water partition coefficient (Wildman–Crippen LogP) is 3.67. The zero-order valence-electron chi connectivity index (χ0n) is 17.0. The number of aliphatic imine (C=N–C) groups is 1. The number of aryl methyl sites for hydroxylation is 2. The standard InChI is InChI=1S/C20H30N6S.HI/c1-4-21-20(22-10-9-19-25-15(2)16(3)27-19)24-14-17-7-8-18(23-13-17)26-11-5-6-12-26;/h7-8,13H,4-6,9-12,14H2,1-3H3,(H2,21,22,24);1H. The van der Waals surface area contributed by atoms with Crippen LogP contribution in [0.1, 0.15) is 40.9 Å². The van der Waals surface area contributed by atoms with Crippen LogP contribution in [0.5, 0.6) is 0 Å². The maximum absolute atomic E-state index is 4.69. The second kappa shape index (κ2) is 11.5. The molecule has 0 aromatic carbocycles. The fraction of sp³-hybridized carbons (Fsp3) is 0.550. The summed E-state index contributed by atoms with van der Waals surface area (Å²) in [6, 6.07) is 4.25. The molecule has 1 aliphatic rings. The zero-order valence-corrected chi connectivity index (χ0v) is 20.1. The number of hydrogen-bond donors (Lipinski definition) is 2. The van der Waals surface area contributed by atoms with Crippen LogP contribution in [-0.4, -0.2) is 42.1 Å². The molecule has 0 amide bonds. The van der Waals surface area contributed by atoms with Crippen LogP contribution in [0, 0.1) is 13.8 Å². The summed E-state index contributed by atoms with van der Waals surface area (Å²) in [5.74, 6) is 1.92. The zero-order chi connectivity index (χ0) is 19.1. The van der Waals surface area contributed by atoms with Crippen molar-refractivity contribution < 1.29 is 0 Å². The van der Waals surface area contributed by atoms with Gasteiger partial charge in [-0.05, 0) is 45.2 Å². The summed E-state index contributed by atoms with van der Waals surface area (Å²) in [6.45, 7) is 10.8. The monoisotopic (exact) mass is 514 g/mol. The van der Waals surface area contributed by atoms with Gasteiger partial charge in [0.25, 0.3) is 0 Å². The molecule has 2 N–H and O–H groups in total. The third-order valence-corrected chi connectivity index (χ3v) is 5.84. The van der Waals surface area contributed by atoms with Gasteiger partial charge in [0.15, 0.2) is 5.96 Å². The molecule has 2 aromatic rings. The minimum atomic E-state index is 0. The van der Waals surface area contributed by atoms with Crippen LogP contribution in [0.4, 0.5) is 5.82 Å². The van der Waals surface area contributed by atoms with Crippen LogP contribution in [0.15, 0.2) is 23.3 Å². The molecule has 154 valence electrons. The van der Waals surface area contributed by atoms with E-state index in [2.05, 4.69) is 63.4 Å². The number of guanidine groups is 1. The average molecular weight is 514 g/mol. The van der Waals surface area contributed by atoms with E-state index < -0.39 is 0 Å². The van der Waals surface area contributed by atoms with Crippen molar-refractivity contribution >= 4 is 47.1 Å². The Morgan fingerprint density at radius 2 is 2.00 bits per heavy atom. The van der Waals surface area contributed by atoms with Gasteiger partial charge in [-0.2, -0.15) is 0 Å². The van der Waals surface area contributed by atoms with E-state index in [0.717, 1.165) is 55.6 Å². The Balaban J connectivity index is 0.00000280. The first-order chi connectivity index (χ1) is 13.2. The van der Waals surface area contributed by atoms with E-state index in [-0.39, 0.29) is 24.0 Å². The van der Waals surface area contributed by atoms with Crippen molar-refractivity contribution in [2.24, 2.45) is 4.99 Å². The summed E-state index contributed by atoms with van der Waals surface area (Å²) < 4.78 is 0. The average Bonchev–Trinajstić information content (AvgIpc) is 3.31. The van der Waals surface area contributed by atoms with Crippen LogP contribution in [0.25, 0.3) is 0 Å². The van der Waals surface area contributed by atoms with Crippen molar-refractivity contribution in [2.75, 3.05) is 31.1 Å². The molecule has 3 heterocycles. The first-order valence-corrected chi connectivity index (χ1v) is 10.6. The molecule has 1 aliphatic heterocycles. The summed E-state index contributed by atoms with van der Waals surface area (Å²) in [5.41, 5.74) is 2.27. The maximum Gasteiger partial charge on any atom is 0.191 e. The molecular weight excluding hydrogens is 483 g/mol. The summed E-state index contributed by atoms with van der Waals surface area (Å²) in [7, 11) is 0. The number of anilines is 1. The van der Waals surface area contributed by atoms with Crippen LogP contribution < -0.4 is 15.5 Å². The normalized spacial score (nSPS) is 14.1. The van der Waals surface area contributed by atoms with Gasteiger partial charge >= 0.3 is 0 Å². The van der Waals surface area contributed by atoms with E-state index in [9.17, 15) is 0 Å². The number of rotatable bonds is 7. The van der Waals surface area contributed by atoms with Gasteiger partial charge < -0.3 is 15.5 Å². The Labute approximate surface area is 189 Å². The second-order valence-corrected chi connectivity index (χ2v) is 8.13. The lowest BCUT2D eigenvalue weighted by Crippen LogP contribution is -2.38. The van der Waals surface area contributed by atoms with Gasteiger partial charge in [-0.25, -0.2) is 15.0 Å². The van der Waals surface area contributed by atoms with Crippen molar-refractivity contribution in [3.8, 4) is 0 Å². The number of pyridine rings is 1. The molecule has 2 aromatic heterocycles. The van der Waals surface area contributed by atoms with E-state index in [1.165, 1.54) is 22.7 Å². The highest BCUT2D eigenvalue weighted by molar-refractivity contribution is 14.0. The van der Waals surface area contributed by atoms with E-state index >= 15 is 0 Å². The van der Waals surface area contributed by atoms with Crippen LogP contribution >= 0.6 is 35.3 Å². The van der Waals surface area contributed by atoms with Crippen molar-refractivity contribution in [3.05, 3.63) is 39.5 Å². The number of nitrogens with one attached hydrogen (secondary N) is 2. The lowest BCUT2D eigenvalue weighted by Gasteiger charge is -2.16. The minimum absolute atomic E-state index is 0. The Morgan fingerprint density at radius 3 is 2.61 bits per heavy atom. The Bertz CT molecular complexity index is 733. The number of halogens is 1. The quantitative estimate of drug-likeness (QED) is 0.336. The van der Waals surface area contributed by atoms with Gasteiger partial charge in [-0.15, -0.1) is 35.3 Å². The molecule has 0 atom stereocenters. The lowest BCUT2D eigenvalue weighted by atomic mass is 10.3. The van der Waals surface area contributed by atoms with Crippen molar-refractivity contribution in [1.82, 2.24) is 20.6 Å². The molecule has 0 spiro atoms. The molecule has 3 rings (SSSR count). The summed E-state index contributed by atoms with van der Waals surface area (Å²) in [5, 5.41) is 7.88. The summed E-state index contributed by atoms with van der Waals surface area (Å²) in [4.78, 5) is 17.5. The summed E-state index contributed by atoms with van der Waals surface area (Å²) in [6.07, 6.45) is 5.40. The third-order valence-electron chi connectivity index (χ3n) is 4.71. The van der Waals surface area contributed by atoms with Crippen molar-refractivity contribution in [1.29, 1.82) is 0 Å². The molecule has 28 heavy (non-hydrogen) atoms. The first kappa shape index (κ1) is 22.9. The molecule has 1 saturated heterocycles.